The van der Waals surface area contributed by atoms with E-state index in [1.165, 1.54) is 12.1 Å². The van der Waals surface area contributed by atoms with Crippen LogP contribution in [0.25, 0.3) is 0 Å². The topological polar surface area (TPSA) is 87.7 Å². The number of nitrogens with zero attached hydrogens (tertiary/aromatic N) is 2. The molecule has 26 heavy (non-hydrogen) atoms. The number of nitrogens with one attached hydrogen (secondary N) is 1. The smallest absolute Gasteiger partial charge is 0.244 e. The molecule has 3 aromatic rings. The van der Waals surface area contributed by atoms with E-state index in [1.807, 2.05) is 30.3 Å². The van der Waals surface area contributed by atoms with Crippen LogP contribution in [0.4, 0.5) is 4.39 Å². The predicted octanol–water partition coefficient (Wildman–Crippen LogP) is 3.36. The van der Waals surface area contributed by atoms with Gasteiger partial charge in [-0.2, -0.15) is 5.26 Å². The van der Waals surface area contributed by atoms with Crippen molar-refractivity contribution in [1.29, 1.82) is 5.26 Å². The van der Waals surface area contributed by atoms with Gasteiger partial charge in [-0.1, -0.05) is 42.5 Å². The normalized spacial score (nSPS) is 15.9. The Balaban J connectivity index is 1.86. The fraction of sp³-hybridized carbons (Fsp3) is 0.100. The summed E-state index contributed by atoms with van der Waals surface area (Å²) in [7, 11) is 0. The van der Waals surface area contributed by atoms with Crippen LogP contribution >= 0.6 is 0 Å². The molecule has 128 valence electrons. The molecule has 1 unspecified atom stereocenters. The minimum Gasteiger partial charge on any atom is -0.420 e. The number of nitriles is 1. The Bertz CT molecular complexity index is 1030. The van der Waals surface area contributed by atoms with Crippen molar-refractivity contribution in [3.8, 4) is 11.9 Å². The number of benzene rings is 2. The second-order valence-electron chi connectivity index (χ2n) is 6.06. The van der Waals surface area contributed by atoms with E-state index in [2.05, 4.69) is 16.3 Å². The van der Waals surface area contributed by atoms with E-state index in [0.29, 0.717) is 23.4 Å². The SMILES string of the molecule is N#CC1=C(N)Oc2n[nH]c(Cc3ccccc3)c2C1c1cccc(F)c1. The third-order valence-electron chi connectivity index (χ3n) is 4.42. The molecule has 1 aliphatic heterocycles. The van der Waals surface area contributed by atoms with Crippen molar-refractivity contribution in [2.45, 2.75) is 12.3 Å². The van der Waals surface area contributed by atoms with Crippen LogP contribution < -0.4 is 10.5 Å². The lowest BCUT2D eigenvalue weighted by Crippen LogP contribution is -2.21. The van der Waals surface area contributed by atoms with Crippen LogP contribution in [-0.2, 0) is 6.42 Å². The monoisotopic (exact) mass is 346 g/mol. The van der Waals surface area contributed by atoms with E-state index >= 15 is 0 Å². The molecule has 5 nitrogen and oxygen atoms in total. The molecule has 1 atom stereocenters. The van der Waals surface area contributed by atoms with Crippen molar-refractivity contribution in [2.75, 3.05) is 0 Å². The van der Waals surface area contributed by atoms with Gasteiger partial charge in [0.05, 0.1) is 11.5 Å². The van der Waals surface area contributed by atoms with Gasteiger partial charge >= 0.3 is 0 Å². The van der Waals surface area contributed by atoms with Gasteiger partial charge < -0.3 is 10.5 Å². The van der Waals surface area contributed by atoms with Crippen LogP contribution in [-0.4, -0.2) is 10.2 Å². The zero-order valence-corrected chi connectivity index (χ0v) is 13.7. The molecule has 0 spiro atoms. The van der Waals surface area contributed by atoms with Gasteiger partial charge in [0.1, 0.15) is 17.5 Å². The first-order valence-electron chi connectivity index (χ1n) is 8.11. The van der Waals surface area contributed by atoms with E-state index in [0.717, 1.165) is 11.3 Å². The molecule has 0 saturated heterocycles. The molecule has 4 rings (SSSR count). The van der Waals surface area contributed by atoms with Gasteiger partial charge in [0, 0.05) is 12.1 Å². The number of aromatic nitrogens is 2. The van der Waals surface area contributed by atoms with Crippen LogP contribution in [0.1, 0.15) is 28.3 Å². The van der Waals surface area contributed by atoms with Gasteiger partial charge in [-0.3, -0.25) is 5.10 Å². The van der Waals surface area contributed by atoms with Gasteiger partial charge in [0.25, 0.3) is 0 Å². The number of fused-ring (bicyclic) bond motifs is 1. The van der Waals surface area contributed by atoms with Crippen LogP contribution in [0.15, 0.2) is 66.1 Å². The summed E-state index contributed by atoms with van der Waals surface area (Å²) in [6.07, 6.45) is 0.580. The molecule has 0 bridgehead atoms. The lowest BCUT2D eigenvalue weighted by Gasteiger charge is -2.24. The van der Waals surface area contributed by atoms with Crippen LogP contribution in [0, 0.1) is 17.1 Å². The fourth-order valence-corrected chi connectivity index (χ4v) is 3.26. The van der Waals surface area contributed by atoms with Gasteiger partial charge in [-0.15, -0.1) is 5.10 Å². The maximum atomic E-state index is 13.8. The molecule has 3 N–H and O–H groups in total. The summed E-state index contributed by atoms with van der Waals surface area (Å²) in [4.78, 5) is 0. The molecule has 2 aromatic carbocycles. The van der Waals surface area contributed by atoms with Crippen molar-refractivity contribution in [1.82, 2.24) is 10.2 Å². The average Bonchev–Trinajstić information content (AvgIpc) is 3.03. The van der Waals surface area contributed by atoms with E-state index in [9.17, 15) is 9.65 Å². The van der Waals surface area contributed by atoms with Crippen molar-refractivity contribution in [3.05, 3.63) is 94.3 Å². The third-order valence-corrected chi connectivity index (χ3v) is 4.42. The van der Waals surface area contributed by atoms with Crippen molar-refractivity contribution in [2.24, 2.45) is 5.73 Å². The first kappa shape index (κ1) is 15.9. The van der Waals surface area contributed by atoms with E-state index < -0.39 is 5.92 Å². The molecule has 0 fully saturated rings. The van der Waals surface area contributed by atoms with Crippen molar-refractivity contribution in [3.63, 3.8) is 0 Å². The second kappa shape index (κ2) is 6.37. The maximum Gasteiger partial charge on any atom is 0.244 e. The largest absolute Gasteiger partial charge is 0.420 e. The van der Waals surface area contributed by atoms with E-state index in [1.54, 1.807) is 12.1 Å². The minimum atomic E-state index is -0.531. The number of hydrogen-bond donors (Lipinski definition) is 2. The summed E-state index contributed by atoms with van der Waals surface area (Å²) in [5.74, 6) is -0.592. The quantitative estimate of drug-likeness (QED) is 0.761. The number of rotatable bonds is 3. The standard InChI is InChI=1S/C20H15FN4O/c21-14-8-4-7-13(10-14)17-15(11-22)19(23)26-20-18(17)16(24-25-20)9-12-5-2-1-3-6-12/h1-8,10,17H,9,23H2,(H,24,25). The lowest BCUT2D eigenvalue weighted by atomic mass is 9.83. The summed E-state index contributed by atoms with van der Waals surface area (Å²) in [5, 5.41) is 16.8. The van der Waals surface area contributed by atoms with Crippen LogP contribution in [0.3, 0.4) is 0 Å². The molecule has 0 radical (unpaired) electrons. The highest BCUT2D eigenvalue weighted by Gasteiger charge is 2.35. The number of aromatic amines is 1. The minimum absolute atomic E-state index is 0.00739. The average molecular weight is 346 g/mol. The Labute approximate surface area is 149 Å². The number of allylic oxidation sites excluding steroid dienone is 1. The summed E-state index contributed by atoms with van der Waals surface area (Å²) in [6.45, 7) is 0. The highest BCUT2D eigenvalue weighted by molar-refractivity contribution is 5.55. The summed E-state index contributed by atoms with van der Waals surface area (Å²) in [6, 6.07) is 18.1. The fourth-order valence-electron chi connectivity index (χ4n) is 3.26. The zero-order valence-electron chi connectivity index (χ0n) is 13.7. The van der Waals surface area contributed by atoms with Gasteiger partial charge in [0.2, 0.25) is 11.8 Å². The zero-order chi connectivity index (χ0) is 18.1. The molecule has 0 aliphatic carbocycles. The molecule has 6 heteroatoms. The maximum absolute atomic E-state index is 13.8. The summed E-state index contributed by atoms with van der Waals surface area (Å²) < 4.78 is 19.3. The van der Waals surface area contributed by atoms with Gasteiger partial charge in [-0.05, 0) is 23.3 Å². The van der Waals surface area contributed by atoms with Gasteiger partial charge in [0.15, 0.2) is 0 Å². The highest BCUT2D eigenvalue weighted by Crippen LogP contribution is 2.43. The molecular formula is C20H15FN4O. The lowest BCUT2D eigenvalue weighted by molar-refractivity contribution is 0.378. The second-order valence-corrected chi connectivity index (χ2v) is 6.06. The number of halogens is 1. The van der Waals surface area contributed by atoms with Crippen LogP contribution in [0.2, 0.25) is 0 Å². The summed E-state index contributed by atoms with van der Waals surface area (Å²) >= 11 is 0. The predicted molar refractivity (Wildman–Crippen MR) is 93.5 cm³/mol. The molecule has 0 amide bonds. The molecule has 0 saturated carbocycles. The Morgan fingerprint density at radius 3 is 2.73 bits per heavy atom. The van der Waals surface area contributed by atoms with Crippen molar-refractivity contribution < 1.29 is 9.13 Å². The molecule has 1 aliphatic rings. The summed E-state index contributed by atoms with van der Waals surface area (Å²) in [5.41, 5.74) is 9.40. The molecule has 2 heterocycles. The molecule has 1 aromatic heterocycles. The highest BCUT2D eigenvalue weighted by atomic mass is 19.1. The van der Waals surface area contributed by atoms with Crippen molar-refractivity contribution >= 4 is 0 Å². The number of nitrogens with two attached hydrogens (primary N) is 1. The number of H-pyrrole nitrogens is 1. The van der Waals surface area contributed by atoms with E-state index in [4.69, 9.17) is 10.5 Å². The van der Waals surface area contributed by atoms with E-state index in [-0.39, 0.29) is 17.3 Å². The number of ether oxygens (including phenoxy) is 1. The van der Waals surface area contributed by atoms with Crippen LogP contribution in [0.5, 0.6) is 5.88 Å². The van der Waals surface area contributed by atoms with Gasteiger partial charge in [-0.25, -0.2) is 4.39 Å². The Hall–Kier alpha value is -3.59. The number of hydrogen-bond acceptors (Lipinski definition) is 4. The molecular weight excluding hydrogens is 331 g/mol. The Morgan fingerprint density at radius 2 is 2.00 bits per heavy atom. The third kappa shape index (κ3) is 2.70. The Morgan fingerprint density at radius 1 is 1.19 bits per heavy atom. The first-order chi connectivity index (χ1) is 12.7. The Kier molecular flexibility index (Phi) is 3.90. The first-order valence-corrected chi connectivity index (χ1v) is 8.11.